The van der Waals surface area contributed by atoms with Gasteiger partial charge in [0.1, 0.15) is 0 Å². The molecule has 0 unspecified atom stereocenters. The summed E-state index contributed by atoms with van der Waals surface area (Å²) in [4.78, 5) is 22.0. The first kappa shape index (κ1) is 19.4. The molecule has 0 spiro atoms. The van der Waals surface area contributed by atoms with E-state index in [0.29, 0.717) is 18.7 Å². The number of piperazine rings is 1. The molecule has 0 N–H and O–H groups in total. The van der Waals surface area contributed by atoms with E-state index in [0.717, 1.165) is 30.1 Å². The highest BCUT2D eigenvalue weighted by Crippen LogP contribution is 2.24. The number of hydrogen-bond donors (Lipinski definition) is 0. The first-order valence-corrected chi connectivity index (χ1v) is 10.2. The van der Waals surface area contributed by atoms with Crippen molar-refractivity contribution in [3.63, 3.8) is 0 Å². The van der Waals surface area contributed by atoms with Gasteiger partial charge < -0.3 is 9.80 Å². The van der Waals surface area contributed by atoms with Crippen molar-refractivity contribution in [2.75, 3.05) is 31.1 Å². The Kier molecular flexibility index (Phi) is 4.81. The first-order valence-electron chi connectivity index (χ1n) is 10.2. The Balaban J connectivity index is 1.54. The minimum Gasteiger partial charge on any atom is -0.368 e. The van der Waals surface area contributed by atoms with E-state index in [1.165, 1.54) is 11.3 Å². The molecule has 2 aromatic heterocycles. The van der Waals surface area contributed by atoms with E-state index in [2.05, 4.69) is 61.8 Å². The van der Waals surface area contributed by atoms with E-state index in [1.807, 2.05) is 17.9 Å². The fourth-order valence-electron chi connectivity index (χ4n) is 3.86. The predicted molar refractivity (Wildman–Crippen MR) is 116 cm³/mol. The molecule has 0 atom stereocenters. The molecule has 0 aliphatic carbocycles. The second-order valence-corrected chi connectivity index (χ2v) is 8.87. The topological polar surface area (TPSA) is 53.7 Å². The third-order valence-electron chi connectivity index (χ3n) is 5.75. The Bertz CT molecular complexity index is 1050. The predicted octanol–water partition coefficient (Wildman–Crippen LogP) is 3.61. The van der Waals surface area contributed by atoms with Crippen LogP contribution in [-0.4, -0.2) is 51.6 Å². The molecule has 1 aromatic carbocycles. The van der Waals surface area contributed by atoms with Crippen molar-refractivity contribution in [1.29, 1.82) is 0 Å². The highest BCUT2D eigenvalue weighted by molar-refractivity contribution is 5.95. The van der Waals surface area contributed by atoms with Crippen molar-refractivity contribution in [2.45, 2.75) is 40.0 Å². The molecular weight excluding hydrogens is 362 g/mol. The quantitative estimate of drug-likeness (QED) is 0.670. The minimum atomic E-state index is -0.0593. The number of hydrogen-bond acceptors (Lipinski definition) is 4. The Hall–Kier alpha value is -2.89. The summed E-state index contributed by atoms with van der Waals surface area (Å²) in [6.07, 6.45) is 1.70. The van der Waals surface area contributed by atoms with Crippen LogP contribution in [0.1, 0.15) is 48.1 Å². The van der Waals surface area contributed by atoms with Crippen molar-refractivity contribution in [1.82, 2.24) is 19.5 Å². The van der Waals surface area contributed by atoms with Crippen molar-refractivity contribution in [3.05, 3.63) is 59.0 Å². The molecule has 6 nitrogen and oxygen atoms in total. The first-order chi connectivity index (χ1) is 13.8. The average molecular weight is 392 g/mol. The van der Waals surface area contributed by atoms with Gasteiger partial charge in [-0.15, -0.1) is 0 Å². The molecule has 1 aliphatic heterocycles. The van der Waals surface area contributed by atoms with E-state index in [9.17, 15) is 4.79 Å². The number of nitrogens with zero attached hydrogens (tertiary/aromatic N) is 5. The van der Waals surface area contributed by atoms with Crippen LogP contribution in [0.5, 0.6) is 0 Å². The van der Waals surface area contributed by atoms with Crippen LogP contribution >= 0.6 is 0 Å². The van der Waals surface area contributed by atoms with E-state index >= 15 is 0 Å². The number of para-hydroxylation sites is 1. The Morgan fingerprint density at radius 1 is 1.03 bits per heavy atom. The minimum absolute atomic E-state index is 0.0362. The van der Waals surface area contributed by atoms with Gasteiger partial charge in [0, 0.05) is 49.5 Å². The molecule has 4 rings (SSSR count). The van der Waals surface area contributed by atoms with Gasteiger partial charge in [0.25, 0.3) is 5.91 Å². The summed E-state index contributed by atoms with van der Waals surface area (Å²) in [5.41, 5.74) is 5.70. The maximum Gasteiger partial charge on any atom is 0.257 e. The molecule has 6 heteroatoms. The van der Waals surface area contributed by atoms with E-state index in [-0.39, 0.29) is 11.3 Å². The zero-order chi connectivity index (χ0) is 20.8. The van der Waals surface area contributed by atoms with Gasteiger partial charge >= 0.3 is 0 Å². The molecule has 1 aliphatic rings. The summed E-state index contributed by atoms with van der Waals surface area (Å²) in [6.45, 7) is 13.5. The number of aryl methyl sites for hydroxylation is 2. The van der Waals surface area contributed by atoms with Crippen LogP contribution in [-0.2, 0) is 5.41 Å². The van der Waals surface area contributed by atoms with Gasteiger partial charge in [0.05, 0.1) is 17.0 Å². The summed E-state index contributed by atoms with van der Waals surface area (Å²) in [7, 11) is 0. The fourth-order valence-corrected chi connectivity index (χ4v) is 3.86. The van der Waals surface area contributed by atoms with Gasteiger partial charge in [-0.25, -0.2) is 9.50 Å². The van der Waals surface area contributed by atoms with Gasteiger partial charge in [-0.1, -0.05) is 39.0 Å². The summed E-state index contributed by atoms with van der Waals surface area (Å²) in [5, 5.41) is 4.71. The van der Waals surface area contributed by atoms with Gasteiger partial charge in [0.2, 0.25) is 0 Å². The number of rotatable bonds is 2. The smallest absolute Gasteiger partial charge is 0.257 e. The van der Waals surface area contributed by atoms with E-state index in [4.69, 9.17) is 5.10 Å². The standard InChI is InChI=1S/C23H29N5O/c1-16-8-6-7-9-19(16)26-10-12-27(13-11-26)22(29)18-15-24-21-14-20(23(3,4)5)25-28(21)17(18)2/h6-9,14-15H,10-13H2,1-5H3. The van der Waals surface area contributed by atoms with Crippen LogP contribution in [0, 0.1) is 13.8 Å². The number of carbonyl (C=O) groups is 1. The molecule has 3 heterocycles. The lowest BCUT2D eigenvalue weighted by Crippen LogP contribution is -2.49. The number of aromatic nitrogens is 3. The molecule has 29 heavy (non-hydrogen) atoms. The normalized spacial score (nSPS) is 15.2. The molecular formula is C23H29N5O. The van der Waals surface area contributed by atoms with Crippen molar-refractivity contribution < 1.29 is 4.79 Å². The zero-order valence-electron chi connectivity index (χ0n) is 17.9. The Labute approximate surface area is 172 Å². The molecule has 0 radical (unpaired) electrons. The number of amides is 1. The summed E-state index contributed by atoms with van der Waals surface area (Å²) < 4.78 is 1.80. The second-order valence-electron chi connectivity index (χ2n) is 8.87. The Morgan fingerprint density at radius 3 is 2.38 bits per heavy atom. The van der Waals surface area contributed by atoms with Gasteiger partial charge in [-0.2, -0.15) is 5.10 Å². The Morgan fingerprint density at radius 2 is 1.72 bits per heavy atom. The molecule has 0 bridgehead atoms. The maximum absolute atomic E-state index is 13.2. The lowest BCUT2D eigenvalue weighted by molar-refractivity contribution is 0.0745. The molecule has 1 saturated heterocycles. The number of carbonyl (C=O) groups excluding carboxylic acids is 1. The lowest BCUT2D eigenvalue weighted by Gasteiger charge is -2.37. The molecule has 1 amide bonds. The molecule has 1 fully saturated rings. The van der Waals surface area contributed by atoms with Gasteiger partial charge in [-0.3, -0.25) is 4.79 Å². The average Bonchev–Trinajstić information content (AvgIpc) is 3.14. The van der Waals surface area contributed by atoms with E-state index in [1.54, 1.807) is 10.7 Å². The third-order valence-corrected chi connectivity index (χ3v) is 5.75. The number of benzene rings is 1. The van der Waals surface area contributed by atoms with Gasteiger partial charge in [0.15, 0.2) is 5.65 Å². The van der Waals surface area contributed by atoms with Crippen LogP contribution in [0.25, 0.3) is 5.65 Å². The molecule has 0 saturated carbocycles. The zero-order valence-corrected chi connectivity index (χ0v) is 17.9. The highest BCUT2D eigenvalue weighted by Gasteiger charge is 2.26. The summed E-state index contributed by atoms with van der Waals surface area (Å²) in [5.74, 6) is 0.0362. The second kappa shape index (κ2) is 7.17. The summed E-state index contributed by atoms with van der Waals surface area (Å²) in [6, 6.07) is 10.4. The molecule has 152 valence electrons. The number of fused-ring (bicyclic) bond motifs is 1. The van der Waals surface area contributed by atoms with Crippen LogP contribution in [0.15, 0.2) is 36.5 Å². The van der Waals surface area contributed by atoms with Crippen molar-refractivity contribution in [2.24, 2.45) is 0 Å². The molecule has 3 aromatic rings. The largest absolute Gasteiger partial charge is 0.368 e. The van der Waals surface area contributed by atoms with E-state index < -0.39 is 0 Å². The van der Waals surface area contributed by atoms with Crippen LogP contribution in [0.4, 0.5) is 5.69 Å². The van der Waals surface area contributed by atoms with Crippen LogP contribution in [0.3, 0.4) is 0 Å². The maximum atomic E-state index is 13.2. The third kappa shape index (κ3) is 3.59. The highest BCUT2D eigenvalue weighted by atomic mass is 16.2. The fraction of sp³-hybridized carbons (Fsp3) is 0.435. The number of anilines is 1. The summed E-state index contributed by atoms with van der Waals surface area (Å²) >= 11 is 0. The van der Waals surface area contributed by atoms with Crippen LogP contribution in [0.2, 0.25) is 0 Å². The van der Waals surface area contributed by atoms with Gasteiger partial charge in [-0.05, 0) is 25.5 Å². The SMILES string of the molecule is Cc1ccccc1N1CCN(C(=O)c2cnc3cc(C(C)(C)C)nn3c2C)CC1. The lowest BCUT2D eigenvalue weighted by atomic mass is 9.93. The van der Waals surface area contributed by atoms with Crippen molar-refractivity contribution in [3.8, 4) is 0 Å². The van der Waals surface area contributed by atoms with Crippen molar-refractivity contribution >= 4 is 17.2 Å². The van der Waals surface area contributed by atoms with Crippen LogP contribution < -0.4 is 4.90 Å². The monoisotopic (exact) mass is 391 g/mol.